The van der Waals surface area contributed by atoms with Crippen molar-refractivity contribution < 1.29 is 9.59 Å². The molecule has 0 atom stereocenters. The highest BCUT2D eigenvalue weighted by Gasteiger charge is 2.20. The minimum absolute atomic E-state index is 0.143. The van der Waals surface area contributed by atoms with Gasteiger partial charge in [-0.15, -0.1) is 11.3 Å². The Morgan fingerprint density at radius 1 is 1.35 bits per heavy atom. The number of nitrogens with zero attached hydrogens (tertiary/aromatic N) is 2. The summed E-state index contributed by atoms with van der Waals surface area (Å²) in [4.78, 5) is 27.1. The number of carbonyl (C=O) groups excluding carboxylic acids is 2. The van der Waals surface area contributed by atoms with Crippen LogP contribution in [0.25, 0.3) is 0 Å². The van der Waals surface area contributed by atoms with Gasteiger partial charge >= 0.3 is 0 Å². The molecule has 1 aromatic heterocycles. The van der Waals surface area contributed by atoms with Crippen LogP contribution in [-0.2, 0) is 16.0 Å². The predicted octanol–water partition coefficient (Wildman–Crippen LogP) is 1.35. The Labute approximate surface area is 112 Å². The lowest BCUT2D eigenvalue weighted by atomic mass is 10.2. The lowest BCUT2D eigenvalue weighted by Crippen LogP contribution is -2.48. The largest absolute Gasteiger partial charge is 0.342 e. The SMILES string of the molecule is O=CN1CCN(C(=O)Cc2ccc(Br)s2)CC1. The first-order chi connectivity index (χ1) is 8.19. The quantitative estimate of drug-likeness (QED) is 0.790. The van der Waals surface area contributed by atoms with Gasteiger partial charge in [0.2, 0.25) is 12.3 Å². The molecule has 2 rings (SSSR count). The number of thiophene rings is 1. The summed E-state index contributed by atoms with van der Waals surface area (Å²) < 4.78 is 1.05. The lowest BCUT2D eigenvalue weighted by molar-refractivity contribution is -0.134. The number of hydrogen-bond donors (Lipinski definition) is 0. The van der Waals surface area contributed by atoms with Gasteiger partial charge in [0.25, 0.3) is 0 Å². The average Bonchev–Trinajstić information content (AvgIpc) is 2.75. The van der Waals surface area contributed by atoms with Crippen molar-refractivity contribution in [2.75, 3.05) is 26.2 Å². The van der Waals surface area contributed by atoms with Crippen LogP contribution in [0.15, 0.2) is 15.9 Å². The zero-order valence-corrected chi connectivity index (χ0v) is 11.7. The molecule has 1 aliphatic heterocycles. The Kier molecular flexibility index (Phi) is 4.17. The first kappa shape index (κ1) is 12.6. The Bertz CT molecular complexity index is 413. The number of rotatable bonds is 3. The zero-order valence-electron chi connectivity index (χ0n) is 9.26. The summed E-state index contributed by atoms with van der Waals surface area (Å²) in [6.45, 7) is 2.57. The molecule has 1 aromatic rings. The molecule has 1 saturated heterocycles. The third-order valence-electron chi connectivity index (χ3n) is 2.77. The van der Waals surface area contributed by atoms with Crippen LogP contribution in [0.3, 0.4) is 0 Å². The summed E-state index contributed by atoms with van der Waals surface area (Å²) in [5, 5.41) is 0. The summed E-state index contributed by atoms with van der Waals surface area (Å²) in [6.07, 6.45) is 1.30. The third-order valence-corrected chi connectivity index (χ3v) is 4.39. The lowest BCUT2D eigenvalue weighted by Gasteiger charge is -2.32. The fraction of sp³-hybridized carbons (Fsp3) is 0.455. The number of carbonyl (C=O) groups is 2. The molecule has 1 fully saturated rings. The maximum Gasteiger partial charge on any atom is 0.227 e. The van der Waals surface area contributed by atoms with Gasteiger partial charge in [-0.05, 0) is 28.1 Å². The van der Waals surface area contributed by atoms with Crippen LogP contribution in [-0.4, -0.2) is 48.3 Å². The molecule has 0 unspecified atom stereocenters. The maximum absolute atomic E-state index is 12.0. The van der Waals surface area contributed by atoms with Crippen molar-refractivity contribution in [2.24, 2.45) is 0 Å². The van der Waals surface area contributed by atoms with E-state index in [1.807, 2.05) is 17.0 Å². The van der Waals surface area contributed by atoms with E-state index >= 15 is 0 Å². The highest BCUT2D eigenvalue weighted by atomic mass is 79.9. The molecule has 0 aromatic carbocycles. The summed E-state index contributed by atoms with van der Waals surface area (Å²) in [7, 11) is 0. The van der Waals surface area contributed by atoms with E-state index in [0.29, 0.717) is 32.6 Å². The molecule has 2 amide bonds. The standard InChI is InChI=1S/C11H13BrN2O2S/c12-10-2-1-9(17-10)7-11(16)14-5-3-13(8-15)4-6-14/h1-2,8H,3-7H2. The van der Waals surface area contributed by atoms with E-state index < -0.39 is 0 Å². The molecule has 0 bridgehead atoms. The van der Waals surface area contributed by atoms with Gasteiger partial charge in [-0.3, -0.25) is 9.59 Å². The van der Waals surface area contributed by atoms with Gasteiger partial charge in [0, 0.05) is 31.1 Å². The number of amides is 2. The molecule has 0 spiro atoms. The van der Waals surface area contributed by atoms with Gasteiger partial charge in [0.1, 0.15) is 0 Å². The molecule has 6 heteroatoms. The fourth-order valence-corrected chi connectivity index (χ4v) is 3.26. The minimum atomic E-state index is 0.143. The van der Waals surface area contributed by atoms with Gasteiger partial charge < -0.3 is 9.80 Å². The molecule has 92 valence electrons. The first-order valence-corrected chi connectivity index (χ1v) is 7.01. The van der Waals surface area contributed by atoms with E-state index in [2.05, 4.69) is 15.9 Å². The van der Waals surface area contributed by atoms with Crippen molar-refractivity contribution in [1.82, 2.24) is 9.80 Å². The Morgan fingerprint density at radius 3 is 2.59 bits per heavy atom. The second-order valence-corrected chi connectivity index (χ2v) is 6.45. The van der Waals surface area contributed by atoms with Gasteiger partial charge in [0.05, 0.1) is 10.2 Å². The molecule has 2 heterocycles. The monoisotopic (exact) mass is 316 g/mol. The van der Waals surface area contributed by atoms with E-state index in [1.165, 1.54) is 0 Å². The molecular weight excluding hydrogens is 304 g/mol. The minimum Gasteiger partial charge on any atom is -0.342 e. The van der Waals surface area contributed by atoms with E-state index in [0.717, 1.165) is 15.1 Å². The zero-order chi connectivity index (χ0) is 12.3. The molecule has 0 N–H and O–H groups in total. The van der Waals surface area contributed by atoms with Crippen LogP contribution < -0.4 is 0 Å². The van der Waals surface area contributed by atoms with Gasteiger partial charge in [-0.25, -0.2) is 0 Å². The number of halogens is 1. The smallest absolute Gasteiger partial charge is 0.227 e. The molecule has 1 aliphatic rings. The fourth-order valence-electron chi connectivity index (χ4n) is 1.78. The van der Waals surface area contributed by atoms with Crippen LogP contribution in [0.5, 0.6) is 0 Å². The van der Waals surface area contributed by atoms with Crippen molar-refractivity contribution in [3.63, 3.8) is 0 Å². The van der Waals surface area contributed by atoms with E-state index in [1.54, 1.807) is 16.2 Å². The predicted molar refractivity (Wildman–Crippen MR) is 69.9 cm³/mol. The first-order valence-electron chi connectivity index (χ1n) is 5.40. The number of piperazine rings is 1. The average molecular weight is 317 g/mol. The summed E-state index contributed by atoms with van der Waals surface area (Å²) in [5.41, 5.74) is 0. The molecule has 17 heavy (non-hydrogen) atoms. The van der Waals surface area contributed by atoms with Crippen molar-refractivity contribution in [3.05, 3.63) is 20.8 Å². The van der Waals surface area contributed by atoms with Crippen LogP contribution in [0.1, 0.15) is 4.88 Å². The van der Waals surface area contributed by atoms with Crippen molar-refractivity contribution in [3.8, 4) is 0 Å². The molecule has 0 saturated carbocycles. The van der Waals surface area contributed by atoms with Crippen molar-refractivity contribution in [2.45, 2.75) is 6.42 Å². The second kappa shape index (κ2) is 5.64. The van der Waals surface area contributed by atoms with Crippen LogP contribution in [0, 0.1) is 0 Å². The molecular formula is C11H13BrN2O2S. The van der Waals surface area contributed by atoms with Crippen molar-refractivity contribution >= 4 is 39.6 Å². The van der Waals surface area contributed by atoms with E-state index in [4.69, 9.17) is 0 Å². The molecule has 0 aliphatic carbocycles. The maximum atomic E-state index is 12.0. The second-order valence-electron chi connectivity index (χ2n) is 3.90. The summed E-state index contributed by atoms with van der Waals surface area (Å²) in [6, 6.07) is 3.92. The highest BCUT2D eigenvalue weighted by molar-refractivity contribution is 9.11. The summed E-state index contributed by atoms with van der Waals surface area (Å²) >= 11 is 4.97. The van der Waals surface area contributed by atoms with E-state index in [-0.39, 0.29) is 5.91 Å². The van der Waals surface area contributed by atoms with Gasteiger partial charge in [-0.1, -0.05) is 0 Å². The van der Waals surface area contributed by atoms with Gasteiger partial charge in [-0.2, -0.15) is 0 Å². The van der Waals surface area contributed by atoms with Crippen LogP contribution in [0.4, 0.5) is 0 Å². The van der Waals surface area contributed by atoms with Crippen molar-refractivity contribution in [1.29, 1.82) is 0 Å². The normalized spacial score (nSPS) is 16.1. The van der Waals surface area contributed by atoms with Crippen LogP contribution in [0.2, 0.25) is 0 Å². The van der Waals surface area contributed by atoms with E-state index in [9.17, 15) is 9.59 Å². The Morgan fingerprint density at radius 2 is 2.06 bits per heavy atom. The molecule has 0 radical (unpaired) electrons. The highest BCUT2D eigenvalue weighted by Crippen LogP contribution is 2.22. The number of hydrogen-bond acceptors (Lipinski definition) is 3. The Hall–Kier alpha value is -0.880. The third kappa shape index (κ3) is 3.29. The topological polar surface area (TPSA) is 40.6 Å². The summed E-state index contributed by atoms with van der Waals surface area (Å²) in [5.74, 6) is 0.143. The Balaban J connectivity index is 1.87. The van der Waals surface area contributed by atoms with Crippen LogP contribution >= 0.6 is 27.3 Å². The molecule has 4 nitrogen and oxygen atoms in total. The van der Waals surface area contributed by atoms with Gasteiger partial charge in [0.15, 0.2) is 0 Å².